The largest absolute Gasteiger partial charge is 0.374 e. The molecule has 1 saturated carbocycles. The van der Waals surface area contributed by atoms with Crippen LogP contribution in [-0.2, 0) is 4.74 Å². The molecular formula is C12H21NO. The lowest BCUT2D eigenvalue weighted by molar-refractivity contribution is -0.0369. The van der Waals surface area contributed by atoms with Gasteiger partial charge in [0.25, 0.3) is 0 Å². The molecule has 2 unspecified atom stereocenters. The second-order valence-corrected chi connectivity index (χ2v) is 5.64. The average Bonchev–Trinajstić information content (AvgIpc) is 2.44. The summed E-state index contributed by atoms with van der Waals surface area (Å²) in [5.41, 5.74) is -0.331. The minimum atomic E-state index is -0.202. The molecule has 0 aromatic carbocycles. The third-order valence-corrected chi connectivity index (χ3v) is 2.87. The summed E-state index contributed by atoms with van der Waals surface area (Å²) in [5, 5.41) is 9.20. The van der Waals surface area contributed by atoms with Gasteiger partial charge in [-0.1, -0.05) is 6.92 Å². The highest BCUT2D eigenvalue weighted by Gasteiger charge is 2.38. The molecule has 0 N–H and O–H groups in total. The summed E-state index contributed by atoms with van der Waals surface area (Å²) in [6.45, 7) is 8.93. The molecule has 1 aliphatic carbocycles. The van der Waals surface area contributed by atoms with Crippen molar-refractivity contribution in [3.63, 3.8) is 0 Å². The van der Waals surface area contributed by atoms with Gasteiger partial charge in [-0.3, -0.25) is 0 Å². The molecule has 1 rings (SSSR count). The monoisotopic (exact) mass is 195 g/mol. The minimum absolute atomic E-state index is 0.129. The third-order valence-electron chi connectivity index (χ3n) is 2.87. The van der Waals surface area contributed by atoms with E-state index in [0.29, 0.717) is 12.5 Å². The molecule has 80 valence electrons. The van der Waals surface area contributed by atoms with Crippen LogP contribution in [0.4, 0.5) is 0 Å². The highest BCUT2D eigenvalue weighted by molar-refractivity contribution is 5.03. The number of hydrogen-bond acceptors (Lipinski definition) is 2. The van der Waals surface area contributed by atoms with Gasteiger partial charge in [-0.2, -0.15) is 5.26 Å². The third kappa shape index (κ3) is 2.99. The number of rotatable bonds is 2. The van der Waals surface area contributed by atoms with Crippen molar-refractivity contribution in [2.75, 3.05) is 6.61 Å². The van der Waals surface area contributed by atoms with E-state index in [9.17, 15) is 5.26 Å². The van der Waals surface area contributed by atoms with Crippen LogP contribution in [-0.4, -0.2) is 12.2 Å². The number of nitrogens with zero attached hydrogens (tertiary/aromatic N) is 1. The molecule has 0 heterocycles. The van der Waals surface area contributed by atoms with E-state index in [1.165, 1.54) is 6.42 Å². The van der Waals surface area contributed by atoms with Gasteiger partial charge in [-0.25, -0.2) is 0 Å². The molecule has 0 amide bonds. The van der Waals surface area contributed by atoms with E-state index in [1.807, 2.05) is 20.8 Å². The van der Waals surface area contributed by atoms with E-state index >= 15 is 0 Å². The Morgan fingerprint density at radius 3 is 2.50 bits per heavy atom. The molecule has 0 bridgehead atoms. The van der Waals surface area contributed by atoms with Crippen molar-refractivity contribution < 1.29 is 4.74 Å². The van der Waals surface area contributed by atoms with Crippen molar-refractivity contribution in [2.45, 2.75) is 52.6 Å². The smallest absolute Gasteiger partial charge is 0.0809 e. The summed E-state index contributed by atoms with van der Waals surface area (Å²) in [7, 11) is 0. The normalized spacial score (nSPS) is 32.9. The molecule has 2 atom stereocenters. The summed E-state index contributed by atoms with van der Waals surface area (Å²) in [5.74, 6) is 0.679. The zero-order valence-corrected chi connectivity index (χ0v) is 9.76. The van der Waals surface area contributed by atoms with Crippen molar-refractivity contribution in [2.24, 2.45) is 11.3 Å². The number of hydrogen-bond donors (Lipinski definition) is 0. The molecule has 14 heavy (non-hydrogen) atoms. The summed E-state index contributed by atoms with van der Waals surface area (Å²) in [6.07, 6.45) is 3.17. The number of nitriles is 1. The van der Waals surface area contributed by atoms with Gasteiger partial charge in [0.1, 0.15) is 0 Å². The van der Waals surface area contributed by atoms with Gasteiger partial charge >= 0.3 is 0 Å². The molecule has 1 fully saturated rings. The van der Waals surface area contributed by atoms with Crippen LogP contribution in [0.25, 0.3) is 0 Å². The fraction of sp³-hybridized carbons (Fsp3) is 0.917. The molecule has 0 aliphatic heterocycles. The van der Waals surface area contributed by atoms with Crippen molar-refractivity contribution in [1.82, 2.24) is 0 Å². The Bertz CT molecular complexity index is 236. The summed E-state index contributed by atoms with van der Waals surface area (Å²) in [4.78, 5) is 0. The van der Waals surface area contributed by atoms with Crippen LogP contribution in [0.2, 0.25) is 0 Å². The van der Waals surface area contributed by atoms with Crippen LogP contribution in [0.15, 0.2) is 0 Å². The Morgan fingerprint density at radius 1 is 1.50 bits per heavy atom. The van der Waals surface area contributed by atoms with E-state index < -0.39 is 0 Å². The van der Waals surface area contributed by atoms with Crippen molar-refractivity contribution in [1.29, 1.82) is 5.26 Å². The molecule has 2 nitrogen and oxygen atoms in total. The SMILES string of the molecule is CC1CCC(C#N)(COC(C)(C)C)C1. The topological polar surface area (TPSA) is 33.0 Å². The molecule has 0 spiro atoms. The predicted octanol–water partition coefficient (Wildman–Crippen LogP) is 3.13. The lowest BCUT2D eigenvalue weighted by Crippen LogP contribution is -2.29. The van der Waals surface area contributed by atoms with E-state index in [-0.39, 0.29) is 11.0 Å². The maximum Gasteiger partial charge on any atom is 0.0809 e. The van der Waals surface area contributed by atoms with Gasteiger partial charge < -0.3 is 4.74 Å². The van der Waals surface area contributed by atoms with Crippen LogP contribution in [0.3, 0.4) is 0 Å². The minimum Gasteiger partial charge on any atom is -0.374 e. The van der Waals surface area contributed by atoms with Crippen LogP contribution < -0.4 is 0 Å². The molecule has 0 saturated heterocycles. The Labute approximate surface area is 87.3 Å². The van der Waals surface area contributed by atoms with Gasteiger partial charge in [0.2, 0.25) is 0 Å². The van der Waals surface area contributed by atoms with Crippen LogP contribution in [0.1, 0.15) is 47.0 Å². The summed E-state index contributed by atoms with van der Waals surface area (Å²) < 4.78 is 5.73. The second-order valence-electron chi connectivity index (χ2n) is 5.64. The Kier molecular flexibility index (Phi) is 3.21. The first-order valence-electron chi connectivity index (χ1n) is 5.42. The maximum atomic E-state index is 9.20. The summed E-state index contributed by atoms with van der Waals surface area (Å²) in [6, 6.07) is 2.46. The first kappa shape index (κ1) is 11.5. The fourth-order valence-corrected chi connectivity index (χ4v) is 2.01. The van der Waals surface area contributed by atoms with Gasteiger partial charge in [-0.15, -0.1) is 0 Å². The van der Waals surface area contributed by atoms with Gasteiger partial charge in [0.15, 0.2) is 0 Å². The van der Waals surface area contributed by atoms with E-state index in [1.54, 1.807) is 0 Å². The fourth-order valence-electron chi connectivity index (χ4n) is 2.01. The number of ether oxygens (including phenoxy) is 1. The zero-order valence-electron chi connectivity index (χ0n) is 9.76. The Morgan fingerprint density at radius 2 is 2.14 bits per heavy atom. The van der Waals surface area contributed by atoms with E-state index in [2.05, 4.69) is 13.0 Å². The lowest BCUT2D eigenvalue weighted by atomic mass is 9.88. The molecule has 2 heteroatoms. The molecule has 1 aliphatic rings. The van der Waals surface area contributed by atoms with Gasteiger partial charge in [-0.05, 0) is 46.0 Å². The summed E-state index contributed by atoms with van der Waals surface area (Å²) >= 11 is 0. The molecule has 0 radical (unpaired) electrons. The maximum absolute atomic E-state index is 9.20. The Balaban J connectivity index is 2.52. The first-order chi connectivity index (χ1) is 6.37. The van der Waals surface area contributed by atoms with Gasteiger partial charge in [0.05, 0.1) is 23.7 Å². The van der Waals surface area contributed by atoms with Crippen molar-refractivity contribution >= 4 is 0 Å². The van der Waals surface area contributed by atoms with Crippen LogP contribution in [0.5, 0.6) is 0 Å². The standard InChI is InChI=1S/C12H21NO/c1-10-5-6-12(7-10,8-13)9-14-11(2,3)4/h10H,5-7,9H2,1-4H3. The van der Waals surface area contributed by atoms with Crippen LogP contribution in [0, 0.1) is 22.7 Å². The Hall–Kier alpha value is -0.550. The van der Waals surface area contributed by atoms with E-state index in [4.69, 9.17) is 4.74 Å². The van der Waals surface area contributed by atoms with E-state index in [0.717, 1.165) is 12.8 Å². The average molecular weight is 195 g/mol. The van der Waals surface area contributed by atoms with Crippen molar-refractivity contribution in [3.05, 3.63) is 0 Å². The quantitative estimate of drug-likeness (QED) is 0.678. The van der Waals surface area contributed by atoms with Gasteiger partial charge in [0, 0.05) is 0 Å². The molecule has 0 aromatic rings. The van der Waals surface area contributed by atoms with Crippen molar-refractivity contribution in [3.8, 4) is 6.07 Å². The highest BCUT2D eigenvalue weighted by atomic mass is 16.5. The predicted molar refractivity (Wildman–Crippen MR) is 56.8 cm³/mol. The molecular weight excluding hydrogens is 174 g/mol. The lowest BCUT2D eigenvalue weighted by Gasteiger charge is -2.27. The highest BCUT2D eigenvalue weighted by Crippen LogP contribution is 2.41. The first-order valence-corrected chi connectivity index (χ1v) is 5.42. The second kappa shape index (κ2) is 3.90. The molecule has 0 aromatic heterocycles. The van der Waals surface area contributed by atoms with Crippen LogP contribution >= 0.6 is 0 Å². The zero-order chi connectivity index (χ0) is 10.8.